The van der Waals surface area contributed by atoms with Gasteiger partial charge in [-0.2, -0.15) is 0 Å². The number of nitrogens with zero attached hydrogens (tertiary/aromatic N) is 6. The maximum absolute atomic E-state index is 14.2. The summed E-state index contributed by atoms with van der Waals surface area (Å²) in [5, 5.41) is 2.67. The van der Waals surface area contributed by atoms with Crippen molar-refractivity contribution >= 4 is 23.1 Å². The smallest absolute Gasteiger partial charge is 0.275 e. The number of likely N-dealkylation sites (tertiary alicyclic amines) is 1. The van der Waals surface area contributed by atoms with Crippen LogP contribution in [0.25, 0.3) is 5.65 Å². The standard InChI is InChI=1S/C21H24FN7O2/c1-13-6-29-10-15(3-17(22)20(29)25-13)26-21(30)18-4-24-19(5-23-18)28-8-14(9-28)7-27-11-16(12-27)31-2/h3-6,10,14,16H,7-9,11-12H2,1-2H3,(H,26,30). The van der Waals surface area contributed by atoms with E-state index in [0.717, 1.165) is 38.5 Å². The van der Waals surface area contributed by atoms with Gasteiger partial charge in [-0.05, 0) is 6.92 Å². The SMILES string of the molecule is COC1CN(CC2CN(c3cnc(C(=O)Nc4cc(F)c5nc(C)cn5c4)cn3)C2)C1. The molecule has 3 aromatic rings. The lowest BCUT2D eigenvalue weighted by Crippen LogP contribution is -2.58. The number of halogens is 1. The number of carbonyl (C=O) groups is 1. The van der Waals surface area contributed by atoms with Crippen molar-refractivity contribution < 1.29 is 13.9 Å². The number of hydrogen-bond donors (Lipinski definition) is 1. The lowest BCUT2D eigenvalue weighted by molar-refractivity contribution is -0.0372. The number of aromatic nitrogens is 4. The summed E-state index contributed by atoms with van der Waals surface area (Å²) in [5.74, 6) is 0.420. The summed E-state index contributed by atoms with van der Waals surface area (Å²) in [6.45, 7) is 6.73. The highest BCUT2D eigenvalue weighted by Gasteiger charge is 2.34. The largest absolute Gasteiger partial charge is 0.379 e. The van der Waals surface area contributed by atoms with E-state index in [1.165, 1.54) is 12.3 Å². The molecular weight excluding hydrogens is 401 g/mol. The molecule has 2 saturated heterocycles. The fourth-order valence-corrected chi connectivity index (χ4v) is 4.10. The van der Waals surface area contributed by atoms with Gasteiger partial charge in [0, 0.05) is 64.2 Å². The molecule has 9 nitrogen and oxygen atoms in total. The van der Waals surface area contributed by atoms with Crippen LogP contribution in [0.1, 0.15) is 16.2 Å². The third-order valence-electron chi connectivity index (χ3n) is 5.81. The van der Waals surface area contributed by atoms with E-state index in [4.69, 9.17) is 4.74 Å². The van der Waals surface area contributed by atoms with Crippen LogP contribution in [0.3, 0.4) is 0 Å². The van der Waals surface area contributed by atoms with Gasteiger partial charge in [0.15, 0.2) is 11.5 Å². The van der Waals surface area contributed by atoms with Crippen LogP contribution in [0.15, 0.2) is 30.9 Å². The highest BCUT2D eigenvalue weighted by atomic mass is 19.1. The van der Waals surface area contributed by atoms with Crippen LogP contribution < -0.4 is 10.2 Å². The zero-order chi connectivity index (χ0) is 21.5. The molecule has 0 saturated carbocycles. The zero-order valence-corrected chi connectivity index (χ0v) is 17.5. The van der Waals surface area contributed by atoms with Gasteiger partial charge < -0.3 is 19.4 Å². The number of amides is 1. The predicted molar refractivity (Wildman–Crippen MR) is 113 cm³/mol. The van der Waals surface area contributed by atoms with Crippen LogP contribution in [0.4, 0.5) is 15.9 Å². The van der Waals surface area contributed by atoms with E-state index in [2.05, 4.69) is 30.1 Å². The summed E-state index contributed by atoms with van der Waals surface area (Å²) in [7, 11) is 1.76. The van der Waals surface area contributed by atoms with Crippen molar-refractivity contribution in [1.82, 2.24) is 24.3 Å². The van der Waals surface area contributed by atoms with Gasteiger partial charge in [-0.1, -0.05) is 0 Å². The number of fused-ring (bicyclic) bond motifs is 1. The second-order valence-corrected chi connectivity index (χ2v) is 8.25. The molecule has 0 radical (unpaired) electrons. The Balaban J connectivity index is 1.16. The minimum Gasteiger partial charge on any atom is -0.379 e. The van der Waals surface area contributed by atoms with Crippen LogP contribution in [0.5, 0.6) is 0 Å². The molecule has 0 atom stereocenters. The van der Waals surface area contributed by atoms with Crippen LogP contribution in [-0.2, 0) is 4.74 Å². The minimum atomic E-state index is -0.504. The van der Waals surface area contributed by atoms with E-state index in [1.54, 1.807) is 37.0 Å². The number of nitrogens with one attached hydrogen (secondary N) is 1. The number of ether oxygens (including phenoxy) is 1. The van der Waals surface area contributed by atoms with Gasteiger partial charge in [0.25, 0.3) is 5.91 Å². The van der Waals surface area contributed by atoms with Gasteiger partial charge in [-0.3, -0.25) is 9.69 Å². The molecule has 5 heterocycles. The first-order chi connectivity index (χ1) is 15.0. The van der Waals surface area contributed by atoms with Crippen molar-refractivity contribution in [3.8, 4) is 0 Å². The Hall–Kier alpha value is -3.11. The average Bonchev–Trinajstić information content (AvgIpc) is 3.06. The Labute approximate surface area is 178 Å². The summed E-state index contributed by atoms with van der Waals surface area (Å²) in [5.41, 5.74) is 1.42. The predicted octanol–water partition coefficient (Wildman–Crippen LogP) is 1.59. The first-order valence-corrected chi connectivity index (χ1v) is 10.3. The number of aryl methyl sites for hydroxylation is 1. The number of imidazole rings is 1. The number of rotatable bonds is 6. The molecule has 5 rings (SSSR count). The van der Waals surface area contributed by atoms with Crippen LogP contribution >= 0.6 is 0 Å². The van der Waals surface area contributed by atoms with Gasteiger partial charge >= 0.3 is 0 Å². The number of pyridine rings is 1. The number of carbonyl (C=O) groups excluding carboxylic acids is 1. The molecule has 0 aromatic carbocycles. The van der Waals surface area contributed by atoms with Crippen molar-refractivity contribution in [2.75, 3.05) is 50.1 Å². The lowest BCUT2D eigenvalue weighted by atomic mass is 9.97. The molecule has 1 amide bonds. The van der Waals surface area contributed by atoms with Crippen molar-refractivity contribution in [3.63, 3.8) is 0 Å². The van der Waals surface area contributed by atoms with Gasteiger partial charge in [-0.15, -0.1) is 0 Å². The maximum Gasteiger partial charge on any atom is 0.275 e. The van der Waals surface area contributed by atoms with Crippen molar-refractivity contribution in [2.45, 2.75) is 13.0 Å². The molecule has 0 aliphatic carbocycles. The molecule has 3 aromatic heterocycles. The van der Waals surface area contributed by atoms with Crippen LogP contribution in [0, 0.1) is 18.7 Å². The van der Waals surface area contributed by atoms with E-state index in [1.807, 2.05) is 0 Å². The Morgan fingerprint density at radius 3 is 2.74 bits per heavy atom. The van der Waals surface area contributed by atoms with Gasteiger partial charge in [-0.25, -0.2) is 19.3 Å². The van der Waals surface area contributed by atoms with E-state index in [0.29, 0.717) is 23.4 Å². The fourth-order valence-electron chi connectivity index (χ4n) is 4.10. The van der Waals surface area contributed by atoms with Gasteiger partial charge in [0.2, 0.25) is 0 Å². The van der Waals surface area contributed by atoms with E-state index in [9.17, 15) is 9.18 Å². The monoisotopic (exact) mass is 425 g/mol. The van der Waals surface area contributed by atoms with Crippen molar-refractivity contribution in [2.24, 2.45) is 5.92 Å². The molecule has 10 heteroatoms. The summed E-state index contributed by atoms with van der Waals surface area (Å²) in [6, 6.07) is 1.24. The second kappa shape index (κ2) is 7.86. The first-order valence-electron chi connectivity index (χ1n) is 10.3. The summed E-state index contributed by atoms with van der Waals surface area (Å²) < 4.78 is 21.1. The maximum atomic E-state index is 14.2. The number of methoxy groups -OCH3 is 1. The Bertz CT molecular complexity index is 1100. The molecule has 0 unspecified atom stereocenters. The zero-order valence-electron chi connectivity index (χ0n) is 17.5. The average molecular weight is 425 g/mol. The third kappa shape index (κ3) is 3.96. The quantitative estimate of drug-likeness (QED) is 0.642. The van der Waals surface area contributed by atoms with E-state index in [-0.39, 0.29) is 11.3 Å². The summed E-state index contributed by atoms with van der Waals surface area (Å²) >= 11 is 0. The molecule has 31 heavy (non-hydrogen) atoms. The molecule has 2 aliphatic heterocycles. The van der Waals surface area contributed by atoms with E-state index >= 15 is 0 Å². The number of hydrogen-bond acceptors (Lipinski definition) is 7. The highest BCUT2D eigenvalue weighted by Crippen LogP contribution is 2.25. The molecule has 2 fully saturated rings. The van der Waals surface area contributed by atoms with Crippen LogP contribution in [-0.4, -0.2) is 76.1 Å². The summed E-state index contributed by atoms with van der Waals surface area (Å²) in [4.78, 5) is 29.8. The van der Waals surface area contributed by atoms with Gasteiger partial charge in [0.1, 0.15) is 11.5 Å². The van der Waals surface area contributed by atoms with Crippen molar-refractivity contribution in [3.05, 3.63) is 48.1 Å². The second-order valence-electron chi connectivity index (χ2n) is 8.25. The molecular formula is C21H24FN7O2. The first kappa shape index (κ1) is 19.8. The Morgan fingerprint density at radius 2 is 2.03 bits per heavy atom. The number of anilines is 2. The molecule has 2 aliphatic rings. The Morgan fingerprint density at radius 1 is 1.23 bits per heavy atom. The van der Waals surface area contributed by atoms with Crippen LogP contribution in [0.2, 0.25) is 0 Å². The summed E-state index contributed by atoms with van der Waals surface area (Å²) in [6.07, 6.45) is 6.75. The molecule has 1 N–H and O–H groups in total. The van der Waals surface area contributed by atoms with Crippen molar-refractivity contribution in [1.29, 1.82) is 0 Å². The molecule has 0 spiro atoms. The topological polar surface area (TPSA) is 87.9 Å². The minimum absolute atomic E-state index is 0.175. The normalized spacial score (nSPS) is 17.6. The van der Waals surface area contributed by atoms with E-state index < -0.39 is 11.7 Å². The van der Waals surface area contributed by atoms with Gasteiger partial charge in [0.05, 0.1) is 29.9 Å². The highest BCUT2D eigenvalue weighted by molar-refractivity contribution is 6.02. The molecule has 162 valence electrons. The molecule has 0 bridgehead atoms. The lowest BCUT2D eigenvalue weighted by Gasteiger charge is -2.46. The Kier molecular flexibility index (Phi) is 5.03. The third-order valence-corrected chi connectivity index (χ3v) is 5.81. The fraction of sp³-hybridized carbons (Fsp3) is 0.429.